The van der Waals surface area contributed by atoms with Crippen molar-refractivity contribution in [3.63, 3.8) is 0 Å². The van der Waals surface area contributed by atoms with E-state index >= 15 is 0 Å². The highest BCUT2D eigenvalue weighted by Crippen LogP contribution is 2.20. The molecule has 1 unspecified atom stereocenters. The van der Waals surface area contributed by atoms with Crippen LogP contribution in [0.1, 0.15) is 12.8 Å². The number of nitrogens with one attached hydrogen (secondary N) is 1. The van der Waals surface area contributed by atoms with Crippen molar-refractivity contribution in [2.24, 2.45) is 0 Å². The summed E-state index contributed by atoms with van der Waals surface area (Å²) in [6.07, 6.45) is 0.975. The van der Waals surface area contributed by atoms with Crippen LogP contribution in [-0.2, 0) is 9.59 Å². The van der Waals surface area contributed by atoms with Gasteiger partial charge in [-0.1, -0.05) is 33.8 Å². The smallest absolute Gasteiger partial charge is 0.224 e. The van der Waals surface area contributed by atoms with E-state index in [1.807, 2.05) is 24.3 Å². The second kappa shape index (κ2) is 6.96. The highest BCUT2D eigenvalue weighted by molar-refractivity contribution is 9.10. The van der Waals surface area contributed by atoms with E-state index < -0.39 is 0 Å². The molecule has 1 heterocycles. The molecule has 0 aromatic heterocycles. The van der Waals surface area contributed by atoms with Gasteiger partial charge in [0, 0.05) is 10.2 Å². The van der Waals surface area contributed by atoms with Gasteiger partial charge < -0.3 is 10.1 Å². The van der Waals surface area contributed by atoms with Gasteiger partial charge in [-0.25, -0.2) is 0 Å². The van der Waals surface area contributed by atoms with Crippen LogP contribution in [0.5, 0.6) is 5.75 Å². The first kappa shape index (κ1) is 14.4. The summed E-state index contributed by atoms with van der Waals surface area (Å²) in [6.45, 7) is 0.302. The zero-order valence-corrected chi connectivity index (χ0v) is 12.6. The van der Waals surface area contributed by atoms with E-state index in [1.165, 1.54) is 11.8 Å². The Kier molecular flexibility index (Phi) is 5.27. The van der Waals surface area contributed by atoms with Crippen LogP contribution >= 0.6 is 27.7 Å². The summed E-state index contributed by atoms with van der Waals surface area (Å²) in [4.78, 5) is 23.0. The molecule has 1 saturated heterocycles. The largest absolute Gasteiger partial charge is 0.493 e. The topological polar surface area (TPSA) is 55.4 Å². The molecule has 6 heteroatoms. The van der Waals surface area contributed by atoms with E-state index in [9.17, 15) is 9.59 Å². The van der Waals surface area contributed by atoms with Crippen molar-refractivity contribution < 1.29 is 14.3 Å². The number of rotatable bonds is 5. The van der Waals surface area contributed by atoms with E-state index in [2.05, 4.69) is 21.2 Å². The van der Waals surface area contributed by atoms with Crippen molar-refractivity contribution in [1.82, 2.24) is 5.32 Å². The first-order chi connectivity index (χ1) is 9.15. The standard InChI is InChI=1S/C13H14BrNO3S/c14-9-2-1-3-10(8-9)18-6-4-12(16)15-11-5-7-19-13(11)17/h1-3,8,11H,4-7H2,(H,15,16). The number of thioether (sulfide) groups is 1. The molecule has 19 heavy (non-hydrogen) atoms. The maximum absolute atomic E-state index is 11.6. The predicted molar refractivity (Wildman–Crippen MR) is 78.3 cm³/mol. The number of carbonyl (C=O) groups excluding carboxylic acids is 2. The average Bonchev–Trinajstić information content (AvgIpc) is 2.75. The fourth-order valence-electron chi connectivity index (χ4n) is 1.71. The first-order valence-corrected chi connectivity index (χ1v) is 7.77. The van der Waals surface area contributed by atoms with Gasteiger partial charge in [-0.2, -0.15) is 0 Å². The molecule has 1 aliphatic rings. The van der Waals surface area contributed by atoms with Crippen LogP contribution in [0.25, 0.3) is 0 Å². The molecule has 102 valence electrons. The zero-order chi connectivity index (χ0) is 13.7. The molecule has 2 rings (SSSR count). The predicted octanol–water partition coefficient (Wildman–Crippen LogP) is 2.37. The minimum atomic E-state index is -0.316. The molecule has 1 N–H and O–H groups in total. The lowest BCUT2D eigenvalue weighted by molar-refractivity contribution is -0.124. The maximum atomic E-state index is 11.6. The summed E-state index contributed by atoms with van der Waals surface area (Å²) in [5.41, 5.74) is 0. The number of halogens is 1. The SMILES string of the molecule is O=C(CCOc1cccc(Br)c1)NC1CCSC1=O. The van der Waals surface area contributed by atoms with Gasteiger partial charge >= 0.3 is 0 Å². The van der Waals surface area contributed by atoms with Gasteiger partial charge in [-0.05, 0) is 24.6 Å². The Morgan fingerprint density at radius 1 is 1.53 bits per heavy atom. The minimum absolute atomic E-state index is 0.0567. The van der Waals surface area contributed by atoms with Gasteiger partial charge in [0.2, 0.25) is 11.0 Å². The van der Waals surface area contributed by atoms with Crippen LogP contribution in [0, 0.1) is 0 Å². The third-order valence-electron chi connectivity index (χ3n) is 2.66. The normalized spacial score (nSPS) is 18.4. The molecular weight excluding hydrogens is 330 g/mol. The van der Waals surface area contributed by atoms with Crippen LogP contribution in [-0.4, -0.2) is 29.4 Å². The Balaban J connectivity index is 1.70. The molecule has 1 aliphatic heterocycles. The van der Waals surface area contributed by atoms with Crippen molar-refractivity contribution >= 4 is 38.7 Å². The van der Waals surface area contributed by atoms with E-state index in [1.54, 1.807) is 0 Å². The molecule has 0 aliphatic carbocycles. The summed E-state index contributed by atoms with van der Waals surface area (Å²) in [6, 6.07) is 7.13. The van der Waals surface area contributed by atoms with Crippen molar-refractivity contribution in [1.29, 1.82) is 0 Å². The molecule has 1 aromatic carbocycles. The molecule has 0 spiro atoms. The number of hydrogen-bond acceptors (Lipinski definition) is 4. The molecule has 4 nitrogen and oxygen atoms in total. The van der Waals surface area contributed by atoms with Gasteiger partial charge in [-0.3, -0.25) is 9.59 Å². The molecule has 1 amide bonds. The minimum Gasteiger partial charge on any atom is -0.493 e. The fraction of sp³-hybridized carbons (Fsp3) is 0.385. The van der Waals surface area contributed by atoms with E-state index in [-0.39, 0.29) is 23.5 Å². The third kappa shape index (κ3) is 4.54. The quantitative estimate of drug-likeness (QED) is 0.891. The van der Waals surface area contributed by atoms with Crippen molar-refractivity contribution in [3.05, 3.63) is 28.7 Å². The third-order valence-corrected chi connectivity index (χ3v) is 4.17. The maximum Gasteiger partial charge on any atom is 0.224 e. The van der Waals surface area contributed by atoms with Crippen LogP contribution in [0.15, 0.2) is 28.7 Å². The van der Waals surface area contributed by atoms with Crippen LogP contribution in [0.4, 0.5) is 0 Å². The van der Waals surface area contributed by atoms with Gasteiger partial charge in [0.05, 0.1) is 19.1 Å². The number of benzene rings is 1. The number of ether oxygens (including phenoxy) is 1. The molecular formula is C13H14BrNO3S. The lowest BCUT2D eigenvalue weighted by Crippen LogP contribution is -2.37. The summed E-state index contributed by atoms with van der Waals surface area (Å²) >= 11 is 4.63. The van der Waals surface area contributed by atoms with E-state index in [0.29, 0.717) is 6.61 Å². The van der Waals surface area contributed by atoms with Gasteiger partial charge in [0.25, 0.3) is 0 Å². The van der Waals surface area contributed by atoms with Crippen molar-refractivity contribution in [3.8, 4) is 5.75 Å². The van der Waals surface area contributed by atoms with Gasteiger partial charge in [0.15, 0.2) is 0 Å². The lowest BCUT2D eigenvalue weighted by atomic mass is 10.2. The molecule has 1 atom stereocenters. The van der Waals surface area contributed by atoms with Crippen LogP contribution < -0.4 is 10.1 Å². The second-order valence-electron chi connectivity index (χ2n) is 4.13. The fourth-order valence-corrected chi connectivity index (χ4v) is 3.02. The Bertz CT molecular complexity index is 481. The number of hydrogen-bond donors (Lipinski definition) is 1. The lowest BCUT2D eigenvalue weighted by Gasteiger charge is -2.10. The molecule has 1 aromatic rings. The number of carbonyl (C=O) groups is 2. The van der Waals surface area contributed by atoms with E-state index in [4.69, 9.17) is 4.74 Å². The zero-order valence-electron chi connectivity index (χ0n) is 10.2. The Morgan fingerprint density at radius 2 is 2.37 bits per heavy atom. The van der Waals surface area contributed by atoms with Crippen molar-refractivity contribution in [2.75, 3.05) is 12.4 Å². The molecule has 0 radical (unpaired) electrons. The summed E-state index contributed by atoms with van der Waals surface area (Å²) in [5.74, 6) is 1.36. The number of amides is 1. The Hall–Kier alpha value is -1.01. The molecule has 0 saturated carbocycles. The first-order valence-electron chi connectivity index (χ1n) is 5.99. The van der Waals surface area contributed by atoms with Crippen molar-refractivity contribution in [2.45, 2.75) is 18.9 Å². The Labute approximate surface area is 124 Å². The molecule has 1 fully saturated rings. The van der Waals surface area contributed by atoms with Gasteiger partial charge in [0.1, 0.15) is 5.75 Å². The molecule has 0 bridgehead atoms. The van der Waals surface area contributed by atoms with Gasteiger partial charge in [-0.15, -0.1) is 0 Å². The van der Waals surface area contributed by atoms with Crippen LogP contribution in [0.2, 0.25) is 0 Å². The summed E-state index contributed by atoms with van der Waals surface area (Å²) in [7, 11) is 0. The highest BCUT2D eigenvalue weighted by Gasteiger charge is 2.26. The van der Waals surface area contributed by atoms with E-state index in [0.717, 1.165) is 22.4 Å². The monoisotopic (exact) mass is 343 g/mol. The average molecular weight is 344 g/mol. The Morgan fingerprint density at radius 3 is 3.05 bits per heavy atom. The second-order valence-corrected chi connectivity index (χ2v) is 6.15. The summed E-state index contributed by atoms with van der Waals surface area (Å²) in [5, 5.41) is 2.78. The highest BCUT2D eigenvalue weighted by atomic mass is 79.9. The summed E-state index contributed by atoms with van der Waals surface area (Å²) < 4.78 is 6.40. The van der Waals surface area contributed by atoms with Crippen LogP contribution in [0.3, 0.4) is 0 Å².